The molecule has 4 rings (SSSR count). The first-order valence-corrected chi connectivity index (χ1v) is 11.3. The molecule has 0 radical (unpaired) electrons. The number of nitrogens with zero attached hydrogens (tertiary/aromatic N) is 3. The Bertz CT molecular complexity index is 1190. The number of hydrogen-bond acceptors (Lipinski definition) is 7. The van der Waals surface area contributed by atoms with E-state index in [1.807, 2.05) is 30.0 Å². The topological polar surface area (TPSA) is 99.6 Å². The number of ether oxygens (including phenoxy) is 1. The second-order valence-electron chi connectivity index (χ2n) is 8.05. The number of aromatic nitrogens is 2. The van der Waals surface area contributed by atoms with Gasteiger partial charge < -0.3 is 25.4 Å². The maximum Gasteiger partial charge on any atom is 0.263 e. The van der Waals surface area contributed by atoms with Crippen LogP contribution in [0.5, 0.6) is 0 Å². The summed E-state index contributed by atoms with van der Waals surface area (Å²) in [5.74, 6) is 0.696. The van der Waals surface area contributed by atoms with E-state index in [1.54, 1.807) is 6.20 Å². The molecule has 8 nitrogen and oxygen atoms in total. The Kier molecular flexibility index (Phi) is 7.84. The lowest BCUT2D eigenvalue weighted by molar-refractivity contribution is 0.102. The highest BCUT2D eigenvalue weighted by molar-refractivity contribution is 6.06. The summed E-state index contributed by atoms with van der Waals surface area (Å²) in [6.07, 6.45) is -1.02. The van der Waals surface area contributed by atoms with Crippen molar-refractivity contribution < 1.29 is 23.4 Å². The fourth-order valence-corrected chi connectivity index (χ4v) is 3.88. The smallest absolute Gasteiger partial charge is 0.263 e. The largest absolute Gasteiger partial charge is 0.395 e. The molecule has 2 aromatic heterocycles. The van der Waals surface area contributed by atoms with Gasteiger partial charge in [0.1, 0.15) is 5.82 Å². The molecule has 0 aliphatic carbocycles. The minimum absolute atomic E-state index is 0.0241. The van der Waals surface area contributed by atoms with Crippen LogP contribution in [0.15, 0.2) is 48.7 Å². The molecule has 3 aromatic rings. The Hall–Kier alpha value is -3.63. The second-order valence-corrected chi connectivity index (χ2v) is 8.05. The van der Waals surface area contributed by atoms with Crippen LogP contribution >= 0.6 is 0 Å². The molecule has 1 aromatic carbocycles. The number of anilines is 3. The summed E-state index contributed by atoms with van der Waals surface area (Å²) in [4.78, 5) is 24.2. The van der Waals surface area contributed by atoms with E-state index < -0.39 is 12.3 Å². The van der Waals surface area contributed by atoms with Crippen molar-refractivity contribution in [3.05, 3.63) is 65.5 Å². The number of halogens is 2. The van der Waals surface area contributed by atoms with Crippen LogP contribution in [-0.2, 0) is 4.74 Å². The van der Waals surface area contributed by atoms with Gasteiger partial charge in [-0.1, -0.05) is 12.1 Å². The maximum atomic E-state index is 13.2. The van der Waals surface area contributed by atoms with E-state index in [2.05, 4.69) is 15.6 Å². The Morgan fingerprint density at radius 2 is 2.00 bits per heavy atom. The van der Waals surface area contributed by atoms with Gasteiger partial charge in [-0.05, 0) is 42.8 Å². The Morgan fingerprint density at radius 1 is 1.20 bits per heavy atom. The number of carbonyl (C=O) groups excluding carboxylic acids is 1. The van der Waals surface area contributed by atoms with Crippen LogP contribution in [0.2, 0.25) is 0 Å². The van der Waals surface area contributed by atoms with Gasteiger partial charge in [-0.15, -0.1) is 0 Å². The van der Waals surface area contributed by atoms with Crippen LogP contribution in [0, 0.1) is 6.92 Å². The van der Waals surface area contributed by atoms with Gasteiger partial charge >= 0.3 is 0 Å². The zero-order chi connectivity index (χ0) is 24.8. The molecule has 0 atom stereocenters. The minimum atomic E-state index is -2.67. The highest BCUT2D eigenvalue weighted by atomic mass is 19.3. The van der Waals surface area contributed by atoms with Crippen molar-refractivity contribution in [2.75, 3.05) is 55.0 Å². The van der Waals surface area contributed by atoms with Crippen LogP contribution in [0.4, 0.5) is 26.1 Å². The molecule has 10 heteroatoms. The SMILES string of the molecule is Cc1nc(N2CCOCC2)c(NC(=O)c2cccc(C(F)F)c2)cc1-c1ccnc(NCCO)c1. The number of benzene rings is 1. The van der Waals surface area contributed by atoms with Crippen LogP contribution in [-0.4, -0.2) is 60.4 Å². The van der Waals surface area contributed by atoms with E-state index in [0.717, 1.165) is 16.8 Å². The van der Waals surface area contributed by atoms with Crippen molar-refractivity contribution in [3.63, 3.8) is 0 Å². The third-order valence-electron chi connectivity index (χ3n) is 5.64. The number of pyridine rings is 2. The molecule has 3 N–H and O–H groups in total. The van der Waals surface area contributed by atoms with E-state index >= 15 is 0 Å². The number of aliphatic hydroxyl groups is 1. The molecule has 0 unspecified atom stereocenters. The molecule has 184 valence electrons. The van der Waals surface area contributed by atoms with Crippen LogP contribution in [0.25, 0.3) is 11.1 Å². The summed E-state index contributed by atoms with van der Waals surface area (Å²) in [5.41, 5.74) is 2.76. The lowest BCUT2D eigenvalue weighted by Gasteiger charge is -2.30. The third-order valence-corrected chi connectivity index (χ3v) is 5.64. The highest BCUT2D eigenvalue weighted by Crippen LogP contribution is 2.33. The van der Waals surface area contributed by atoms with E-state index in [4.69, 9.17) is 14.8 Å². The highest BCUT2D eigenvalue weighted by Gasteiger charge is 2.21. The average molecular weight is 484 g/mol. The molecule has 3 heterocycles. The van der Waals surface area contributed by atoms with Crippen LogP contribution in [0.3, 0.4) is 0 Å². The molecule has 0 saturated carbocycles. The summed E-state index contributed by atoms with van der Waals surface area (Å²) in [6, 6.07) is 10.9. The Balaban J connectivity index is 1.72. The fourth-order valence-electron chi connectivity index (χ4n) is 3.88. The molecule has 0 bridgehead atoms. The Labute approximate surface area is 202 Å². The number of nitrogens with one attached hydrogen (secondary N) is 2. The minimum Gasteiger partial charge on any atom is -0.395 e. The molecule has 0 spiro atoms. The number of amides is 1. The standard InChI is InChI=1S/C25H27F2N5O3/c1-16-20(17-5-6-28-22(14-17)29-7-10-33)15-21(24(30-16)32-8-11-35-12-9-32)31-25(34)19-4-2-3-18(13-19)23(26)27/h2-6,13-15,23,33H,7-12H2,1H3,(H,28,29)(H,31,34). The first kappa shape index (κ1) is 24.5. The van der Waals surface area contributed by atoms with Gasteiger partial charge in [-0.2, -0.15) is 0 Å². The molecular formula is C25H27F2N5O3. The second kappa shape index (κ2) is 11.2. The van der Waals surface area contributed by atoms with Gasteiger partial charge in [0.2, 0.25) is 0 Å². The zero-order valence-corrected chi connectivity index (χ0v) is 19.3. The van der Waals surface area contributed by atoms with Crippen LogP contribution < -0.4 is 15.5 Å². The lowest BCUT2D eigenvalue weighted by atomic mass is 10.0. The first-order chi connectivity index (χ1) is 17.0. The Morgan fingerprint density at radius 3 is 2.74 bits per heavy atom. The fraction of sp³-hybridized carbons (Fsp3) is 0.320. The normalized spacial score (nSPS) is 13.7. The number of hydrogen-bond donors (Lipinski definition) is 3. The van der Waals surface area contributed by atoms with Crippen molar-refractivity contribution in [2.24, 2.45) is 0 Å². The van der Waals surface area contributed by atoms with E-state index in [0.29, 0.717) is 50.2 Å². The van der Waals surface area contributed by atoms with Gasteiger partial charge in [0.05, 0.1) is 25.5 Å². The van der Waals surface area contributed by atoms with Crippen molar-refractivity contribution in [1.82, 2.24) is 9.97 Å². The van der Waals surface area contributed by atoms with Crippen LogP contribution in [0.1, 0.15) is 28.0 Å². The predicted molar refractivity (Wildman–Crippen MR) is 130 cm³/mol. The molecule has 1 fully saturated rings. The van der Waals surface area contributed by atoms with Crippen molar-refractivity contribution in [1.29, 1.82) is 0 Å². The quantitative estimate of drug-likeness (QED) is 0.447. The monoisotopic (exact) mass is 483 g/mol. The number of carbonyl (C=O) groups is 1. The summed E-state index contributed by atoms with van der Waals surface area (Å²) < 4.78 is 31.8. The van der Waals surface area contributed by atoms with Gasteiger partial charge in [-0.25, -0.2) is 18.7 Å². The van der Waals surface area contributed by atoms with Gasteiger partial charge in [0, 0.05) is 48.2 Å². The number of rotatable bonds is 8. The molecule has 1 aliphatic rings. The van der Waals surface area contributed by atoms with Crippen molar-refractivity contribution >= 4 is 23.2 Å². The third kappa shape index (κ3) is 5.90. The molecular weight excluding hydrogens is 456 g/mol. The average Bonchev–Trinajstić information content (AvgIpc) is 2.89. The summed E-state index contributed by atoms with van der Waals surface area (Å²) in [5, 5.41) is 15.0. The van der Waals surface area contributed by atoms with E-state index in [-0.39, 0.29) is 17.7 Å². The summed E-state index contributed by atoms with van der Waals surface area (Å²) in [6.45, 7) is 4.53. The summed E-state index contributed by atoms with van der Waals surface area (Å²) in [7, 11) is 0. The molecule has 1 amide bonds. The van der Waals surface area contributed by atoms with Gasteiger partial charge in [0.15, 0.2) is 5.82 Å². The predicted octanol–water partition coefficient (Wildman–Crippen LogP) is 3.88. The number of aryl methyl sites for hydroxylation is 1. The number of aliphatic hydroxyl groups excluding tert-OH is 1. The lowest BCUT2D eigenvalue weighted by Crippen LogP contribution is -2.37. The first-order valence-electron chi connectivity index (χ1n) is 11.3. The molecule has 1 aliphatic heterocycles. The number of morpholine rings is 1. The molecule has 35 heavy (non-hydrogen) atoms. The molecule has 1 saturated heterocycles. The van der Waals surface area contributed by atoms with E-state index in [1.165, 1.54) is 24.3 Å². The van der Waals surface area contributed by atoms with Crippen molar-refractivity contribution in [3.8, 4) is 11.1 Å². The van der Waals surface area contributed by atoms with Gasteiger partial charge in [-0.3, -0.25) is 4.79 Å². The van der Waals surface area contributed by atoms with Gasteiger partial charge in [0.25, 0.3) is 12.3 Å². The zero-order valence-electron chi connectivity index (χ0n) is 19.3. The van der Waals surface area contributed by atoms with Crippen molar-refractivity contribution in [2.45, 2.75) is 13.3 Å². The van der Waals surface area contributed by atoms with E-state index in [9.17, 15) is 13.6 Å². The maximum absolute atomic E-state index is 13.2. The number of alkyl halides is 2. The summed E-state index contributed by atoms with van der Waals surface area (Å²) >= 11 is 0.